The first-order chi connectivity index (χ1) is 9.93. The summed E-state index contributed by atoms with van der Waals surface area (Å²) in [5.74, 6) is 1.96. The molecule has 0 aliphatic carbocycles. The highest BCUT2D eigenvalue weighted by Gasteiger charge is 2.45. The van der Waals surface area contributed by atoms with Crippen LogP contribution in [0, 0.1) is 6.92 Å². The summed E-state index contributed by atoms with van der Waals surface area (Å²) < 4.78 is 31.8. The van der Waals surface area contributed by atoms with Crippen LogP contribution in [0.3, 0.4) is 0 Å². The number of hydrogen-bond donors (Lipinski definition) is 1. The molecule has 0 aromatic heterocycles. The van der Waals surface area contributed by atoms with Crippen LogP contribution in [-0.2, 0) is 14.6 Å². The second-order valence-electron chi connectivity index (χ2n) is 6.04. The highest BCUT2D eigenvalue weighted by molar-refractivity contribution is 7.99. The Hall–Kier alpha value is -0.720. The lowest BCUT2D eigenvalue weighted by Gasteiger charge is -2.37. The van der Waals surface area contributed by atoms with E-state index in [-0.39, 0.29) is 15.7 Å². The molecule has 116 valence electrons. The summed E-state index contributed by atoms with van der Waals surface area (Å²) >= 11 is 1.85. The van der Waals surface area contributed by atoms with E-state index in [4.69, 9.17) is 10.5 Å². The van der Waals surface area contributed by atoms with E-state index in [0.717, 1.165) is 23.5 Å². The van der Waals surface area contributed by atoms with Crippen LogP contribution < -0.4 is 5.73 Å². The zero-order valence-electron chi connectivity index (χ0n) is 12.2. The Morgan fingerprint density at radius 3 is 2.90 bits per heavy atom. The van der Waals surface area contributed by atoms with E-state index < -0.39 is 9.84 Å². The van der Waals surface area contributed by atoms with E-state index in [2.05, 4.69) is 0 Å². The Labute approximate surface area is 130 Å². The number of anilines is 1. The van der Waals surface area contributed by atoms with Crippen molar-refractivity contribution in [2.45, 2.75) is 41.9 Å². The van der Waals surface area contributed by atoms with Crippen molar-refractivity contribution in [3.05, 3.63) is 23.8 Å². The molecule has 0 amide bonds. The monoisotopic (exact) mass is 327 g/mol. The lowest BCUT2D eigenvalue weighted by atomic mass is 9.93. The van der Waals surface area contributed by atoms with Gasteiger partial charge in [-0.1, -0.05) is 6.07 Å². The Balaban J connectivity index is 1.90. The first-order valence-corrected chi connectivity index (χ1v) is 9.95. The van der Waals surface area contributed by atoms with Gasteiger partial charge in [0.2, 0.25) is 0 Å². The maximum Gasteiger partial charge on any atom is 0.183 e. The van der Waals surface area contributed by atoms with Crippen LogP contribution >= 0.6 is 11.8 Å². The van der Waals surface area contributed by atoms with Gasteiger partial charge in [0.15, 0.2) is 9.84 Å². The SMILES string of the molecule is Cc1ccc(S(=O)(=O)C2CCOC3(CCSC3)C2)c(N)c1. The molecule has 21 heavy (non-hydrogen) atoms. The average molecular weight is 327 g/mol. The summed E-state index contributed by atoms with van der Waals surface area (Å²) in [6.07, 6.45) is 2.10. The van der Waals surface area contributed by atoms with Crippen LogP contribution in [0.2, 0.25) is 0 Å². The van der Waals surface area contributed by atoms with E-state index in [9.17, 15) is 8.42 Å². The molecular formula is C15H21NO3S2. The summed E-state index contributed by atoms with van der Waals surface area (Å²) in [7, 11) is -3.39. The highest BCUT2D eigenvalue weighted by atomic mass is 32.2. The molecule has 2 fully saturated rings. The van der Waals surface area contributed by atoms with Gasteiger partial charge in [-0.25, -0.2) is 8.42 Å². The van der Waals surface area contributed by atoms with Gasteiger partial charge >= 0.3 is 0 Å². The fourth-order valence-corrected chi connectivity index (χ4v) is 6.53. The number of thioether (sulfide) groups is 1. The lowest BCUT2D eigenvalue weighted by Crippen LogP contribution is -2.44. The van der Waals surface area contributed by atoms with Crippen LogP contribution in [0.5, 0.6) is 0 Å². The van der Waals surface area contributed by atoms with Gasteiger partial charge in [0.05, 0.1) is 21.4 Å². The minimum absolute atomic E-state index is 0.236. The first-order valence-electron chi connectivity index (χ1n) is 7.25. The standard InChI is InChI=1S/C15H21NO3S2/c1-11-2-3-14(13(16)8-11)21(17,18)12-4-6-19-15(9-12)5-7-20-10-15/h2-3,8,12H,4-7,9-10,16H2,1H3. The number of hydrogen-bond acceptors (Lipinski definition) is 5. The fourth-order valence-electron chi connectivity index (χ4n) is 3.22. The zero-order valence-corrected chi connectivity index (χ0v) is 13.8. The molecule has 4 nitrogen and oxygen atoms in total. The maximum atomic E-state index is 12.9. The van der Waals surface area contributed by atoms with Crippen LogP contribution in [0.25, 0.3) is 0 Å². The molecule has 0 saturated carbocycles. The summed E-state index contributed by atoms with van der Waals surface area (Å²) in [6, 6.07) is 5.18. The van der Waals surface area contributed by atoms with Crippen LogP contribution in [0.15, 0.2) is 23.1 Å². The molecule has 2 heterocycles. The Morgan fingerprint density at radius 1 is 1.43 bits per heavy atom. The topological polar surface area (TPSA) is 69.4 Å². The van der Waals surface area contributed by atoms with E-state index in [1.165, 1.54) is 0 Å². The quantitative estimate of drug-likeness (QED) is 0.845. The molecule has 6 heteroatoms. The van der Waals surface area contributed by atoms with E-state index in [0.29, 0.717) is 25.1 Å². The van der Waals surface area contributed by atoms with Gasteiger partial charge in [0, 0.05) is 12.4 Å². The summed E-state index contributed by atoms with van der Waals surface area (Å²) in [4.78, 5) is 0.279. The smallest absolute Gasteiger partial charge is 0.183 e. The van der Waals surface area contributed by atoms with Crippen molar-refractivity contribution in [1.82, 2.24) is 0 Å². The molecule has 2 aliphatic rings. The molecule has 2 saturated heterocycles. The van der Waals surface area contributed by atoms with E-state index in [1.54, 1.807) is 12.1 Å². The lowest BCUT2D eigenvalue weighted by molar-refractivity contribution is -0.0572. The molecule has 1 spiro atoms. The molecule has 2 atom stereocenters. The summed E-state index contributed by atoms with van der Waals surface area (Å²) in [5, 5.41) is -0.380. The maximum absolute atomic E-state index is 12.9. The molecule has 1 aromatic carbocycles. The van der Waals surface area contributed by atoms with Crippen molar-refractivity contribution >= 4 is 27.3 Å². The number of aryl methyl sites for hydroxylation is 1. The van der Waals surface area contributed by atoms with Crippen molar-refractivity contribution in [2.24, 2.45) is 0 Å². The molecule has 0 bridgehead atoms. The van der Waals surface area contributed by atoms with Gasteiger partial charge in [-0.05, 0) is 49.6 Å². The van der Waals surface area contributed by atoms with E-state index in [1.807, 2.05) is 24.8 Å². The number of ether oxygens (including phenoxy) is 1. The normalized spacial score (nSPS) is 29.9. The summed E-state index contributed by atoms with van der Waals surface area (Å²) in [6.45, 7) is 2.43. The number of rotatable bonds is 2. The van der Waals surface area contributed by atoms with Crippen molar-refractivity contribution in [2.75, 3.05) is 23.8 Å². The average Bonchev–Trinajstić information content (AvgIpc) is 2.86. The van der Waals surface area contributed by atoms with Gasteiger partial charge in [0.1, 0.15) is 0 Å². The van der Waals surface area contributed by atoms with Crippen molar-refractivity contribution < 1.29 is 13.2 Å². The molecule has 2 aliphatic heterocycles. The molecular weight excluding hydrogens is 306 g/mol. The van der Waals surface area contributed by atoms with Crippen molar-refractivity contribution in [3.8, 4) is 0 Å². The zero-order chi connectivity index (χ0) is 15.1. The fraction of sp³-hybridized carbons (Fsp3) is 0.600. The minimum atomic E-state index is -3.39. The van der Waals surface area contributed by atoms with Gasteiger partial charge in [-0.15, -0.1) is 0 Å². The third-order valence-electron chi connectivity index (χ3n) is 4.43. The Bertz CT molecular complexity index is 636. The van der Waals surface area contributed by atoms with E-state index >= 15 is 0 Å². The first kappa shape index (κ1) is 15.2. The number of nitrogens with two attached hydrogens (primary N) is 1. The highest BCUT2D eigenvalue weighted by Crippen LogP contribution is 2.41. The van der Waals surface area contributed by atoms with Crippen LogP contribution in [0.1, 0.15) is 24.8 Å². The molecule has 2 N–H and O–H groups in total. The Morgan fingerprint density at radius 2 is 2.24 bits per heavy atom. The number of sulfone groups is 1. The minimum Gasteiger partial charge on any atom is -0.398 e. The molecule has 3 rings (SSSR count). The third kappa shape index (κ3) is 2.81. The third-order valence-corrected chi connectivity index (χ3v) is 7.91. The van der Waals surface area contributed by atoms with Gasteiger partial charge in [-0.3, -0.25) is 0 Å². The predicted molar refractivity (Wildman–Crippen MR) is 86.4 cm³/mol. The number of benzene rings is 1. The van der Waals surface area contributed by atoms with Gasteiger partial charge in [-0.2, -0.15) is 11.8 Å². The number of nitrogen functional groups attached to an aromatic ring is 1. The van der Waals surface area contributed by atoms with Gasteiger partial charge < -0.3 is 10.5 Å². The molecule has 2 unspecified atom stereocenters. The molecule has 0 radical (unpaired) electrons. The Kier molecular flexibility index (Phi) is 3.96. The largest absolute Gasteiger partial charge is 0.398 e. The predicted octanol–water partition coefficient (Wildman–Crippen LogP) is 2.41. The van der Waals surface area contributed by atoms with Crippen molar-refractivity contribution in [3.63, 3.8) is 0 Å². The second-order valence-corrected chi connectivity index (χ2v) is 9.34. The molecule has 1 aromatic rings. The van der Waals surface area contributed by atoms with Crippen LogP contribution in [0.4, 0.5) is 5.69 Å². The second kappa shape index (κ2) is 5.48. The van der Waals surface area contributed by atoms with Gasteiger partial charge in [0.25, 0.3) is 0 Å². The van der Waals surface area contributed by atoms with Crippen LogP contribution in [-0.4, -0.2) is 37.4 Å². The van der Waals surface area contributed by atoms with Crippen molar-refractivity contribution in [1.29, 1.82) is 0 Å². The summed E-state index contributed by atoms with van der Waals surface area (Å²) in [5.41, 5.74) is 7.04.